The van der Waals surface area contributed by atoms with E-state index in [-0.39, 0.29) is 11.9 Å². The maximum absolute atomic E-state index is 13.0. The standard InChI is InChI=1S/C24H29N3OS/c1-17-12-18(2)15-27(14-17)16-19(3)26-24(28)21-9-5-7-11-23(21)29-22-10-6-4-8-20(22)13-25/h4-11,17-19H,12,14-16H2,1-3H3,(H,26,28). The lowest BCUT2D eigenvalue weighted by molar-refractivity contribution is 0.0902. The van der Waals surface area contributed by atoms with Gasteiger partial charge in [0.05, 0.1) is 11.1 Å². The lowest BCUT2D eigenvalue weighted by atomic mass is 9.92. The third-order valence-electron chi connectivity index (χ3n) is 5.21. The molecule has 29 heavy (non-hydrogen) atoms. The topological polar surface area (TPSA) is 56.1 Å². The van der Waals surface area contributed by atoms with E-state index in [0.29, 0.717) is 23.0 Å². The number of hydrogen-bond acceptors (Lipinski definition) is 4. The quantitative estimate of drug-likeness (QED) is 0.747. The summed E-state index contributed by atoms with van der Waals surface area (Å²) in [5.41, 5.74) is 1.27. The maximum Gasteiger partial charge on any atom is 0.252 e. The van der Waals surface area contributed by atoms with Crippen LogP contribution in [0.2, 0.25) is 0 Å². The van der Waals surface area contributed by atoms with Crippen LogP contribution in [0.1, 0.15) is 43.1 Å². The highest BCUT2D eigenvalue weighted by Crippen LogP contribution is 2.32. The van der Waals surface area contributed by atoms with E-state index in [2.05, 4.69) is 37.1 Å². The molecule has 1 aliphatic heterocycles. The number of likely N-dealkylation sites (tertiary alicyclic amines) is 1. The van der Waals surface area contributed by atoms with Crippen LogP contribution in [0, 0.1) is 23.2 Å². The first-order valence-electron chi connectivity index (χ1n) is 10.3. The Balaban J connectivity index is 1.67. The van der Waals surface area contributed by atoms with Crippen molar-refractivity contribution >= 4 is 17.7 Å². The van der Waals surface area contributed by atoms with E-state index in [1.54, 1.807) is 6.07 Å². The zero-order valence-electron chi connectivity index (χ0n) is 17.4. The van der Waals surface area contributed by atoms with E-state index >= 15 is 0 Å². The lowest BCUT2D eigenvalue weighted by Crippen LogP contribution is -2.47. The van der Waals surface area contributed by atoms with Crippen molar-refractivity contribution in [2.75, 3.05) is 19.6 Å². The van der Waals surface area contributed by atoms with Crippen molar-refractivity contribution in [2.24, 2.45) is 11.8 Å². The summed E-state index contributed by atoms with van der Waals surface area (Å²) in [7, 11) is 0. The van der Waals surface area contributed by atoms with Crippen LogP contribution in [0.25, 0.3) is 0 Å². The number of nitriles is 1. The SMILES string of the molecule is CC1CC(C)CN(CC(C)NC(=O)c2ccccc2Sc2ccccc2C#N)C1. The van der Waals surface area contributed by atoms with Crippen molar-refractivity contribution in [3.8, 4) is 6.07 Å². The Hall–Kier alpha value is -2.29. The zero-order valence-corrected chi connectivity index (χ0v) is 18.2. The van der Waals surface area contributed by atoms with Crippen LogP contribution < -0.4 is 5.32 Å². The third kappa shape index (κ3) is 5.85. The Kier molecular flexibility index (Phi) is 7.35. The Bertz CT molecular complexity index is 882. The van der Waals surface area contributed by atoms with Gasteiger partial charge in [-0.2, -0.15) is 5.26 Å². The molecule has 3 unspecified atom stereocenters. The molecule has 4 nitrogen and oxygen atoms in total. The van der Waals surface area contributed by atoms with E-state index in [4.69, 9.17) is 0 Å². The number of rotatable bonds is 6. The molecule has 1 fully saturated rings. The summed E-state index contributed by atoms with van der Waals surface area (Å²) in [6.07, 6.45) is 1.28. The Morgan fingerprint density at radius 3 is 2.45 bits per heavy atom. The van der Waals surface area contributed by atoms with Gasteiger partial charge in [0, 0.05) is 35.5 Å². The average Bonchev–Trinajstić information content (AvgIpc) is 2.67. The Labute approximate surface area is 178 Å². The van der Waals surface area contributed by atoms with Crippen molar-refractivity contribution in [1.29, 1.82) is 5.26 Å². The van der Waals surface area contributed by atoms with Crippen LogP contribution in [0.4, 0.5) is 0 Å². The number of benzene rings is 2. The van der Waals surface area contributed by atoms with Crippen LogP contribution in [0.5, 0.6) is 0 Å². The summed E-state index contributed by atoms with van der Waals surface area (Å²) in [4.78, 5) is 17.2. The molecule has 5 heteroatoms. The predicted molar refractivity (Wildman–Crippen MR) is 118 cm³/mol. The van der Waals surface area contributed by atoms with Crippen LogP contribution in [-0.2, 0) is 0 Å². The zero-order chi connectivity index (χ0) is 20.8. The predicted octanol–water partition coefficient (Wildman–Crippen LogP) is 4.81. The molecule has 0 aliphatic carbocycles. The first-order valence-corrected chi connectivity index (χ1v) is 11.1. The van der Waals surface area contributed by atoms with E-state index in [1.807, 2.05) is 42.5 Å². The van der Waals surface area contributed by atoms with Gasteiger partial charge in [0.2, 0.25) is 0 Å². The van der Waals surface area contributed by atoms with E-state index in [1.165, 1.54) is 18.2 Å². The van der Waals surface area contributed by atoms with Gasteiger partial charge < -0.3 is 10.2 Å². The number of amides is 1. The minimum Gasteiger partial charge on any atom is -0.348 e. The van der Waals surface area contributed by atoms with Gasteiger partial charge >= 0.3 is 0 Å². The molecule has 0 bridgehead atoms. The van der Waals surface area contributed by atoms with Gasteiger partial charge in [-0.3, -0.25) is 4.79 Å². The van der Waals surface area contributed by atoms with Gasteiger partial charge in [0.25, 0.3) is 5.91 Å². The summed E-state index contributed by atoms with van der Waals surface area (Å²) < 4.78 is 0. The fraction of sp³-hybridized carbons (Fsp3) is 0.417. The summed E-state index contributed by atoms with van der Waals surface area (Å²) in [6, 6.07) is 17.4. The molecule has 1 amide bonds. The van der Waals surface area contributed by atoms with E-state index in [0.717, 1.165) is 29.4 Å². The minimum atomic E-state index is -0.0619. The van der Waals surface area contributed by atoms with E-state index < -0.39 is 0 Å². The molecule has 1 aliphatic rings. The van der Waals surface area contributed by atoms with Gasteiger partial charge in [-0.25, -0.2) is 0 Å². The summed E-state index contributed by atoms with van der Waals surface area (Å²) in [6.45, 7) is 9.75. The summed E-state index contributed by atoms with van der Waals surface area (Å²) in [5.74, 6) is 1.35. The smallest absolute Gasteiger partial charge is 0.252 e. The molecular formula is C24H29N3OS. The van der Waals surface area contributed by atoms with Crippen LogP contribution >= 0.6 is 11.8 Å². The van der Waals surface area contributed by atoms with Gasteiger partial charge in [-0.1, -0.05) is 49.9 Å². The largest absolute Gasteiger partial charge is 0.348 e. The molecule has 152 valence electrons. The molecule has 2 aromatic carbocycles. The lowest BCUT2D eigenvalue weighted by Gasteiger charge is -2.36. The highest BCUT2D eigenvalue weighted by Gasteiger charge is 2.24. The fourth-order valence-corrected chi connectivity index (χ4v) is 5.21. The number of carbonyl (C=O) groups is 1. The van der Waals surface area contributed by atoms with Crippen molar-refractivity contribution < 1.29 is 4.79 Å². The van der Waals surface area contributed by atoms with Crippen LogP contribution in [0.3, 0.4) is 0 Å². The van der Waals surface area contributed by atoms with Crippen molar-refractivity contribution in [2.45, 2.75) is 43.0 Å². The highest BCUT2D eigenvalue weighted by atomic mass is 32.2. The number of nitrogens with zero attached hydrogens (tertiary/aromatic N) is 2. The van der Waals surface area contributed by atoms with Crippen LogP contribution in [0.15, 0.2) is 58.3 Å². The molecule has 1 saturated heterocycles. The fourth-order valence-electron chi connectivity index (χ4n) is 4.19. The molecule has 1 heterocycles. The van der Waals surface area contributed by atoms with Gasteiger partial charge in [-0.05, 0) is 49.4 Å². The molecule has 2 aromatic rings. The molecule has 3 rings (SSSR count). The molecule has 0 spiro atoms. The molecule has 0 radical (unpaired) electrons. The second kappa shape index (κ2) is 9.96. The monoisotopic (exact) mass is 407 g/mol. The Morgan fingerprint density at radius 1 is 1.14 bits per heavy atom. The molecule has 0 saturated carbocycles. The van der Waals surface area contributed by atoms with Crippen molar-refractivity contribution in [3.63, 3.8) is 0 Å². The molecular weight excluding hydrogens is 378 g/mol. The third-order valence-corrected chi connectivity index (χ3v) is 6.36. The average molecular weight is 408 g/mol. The van der Waals surface area contributed by atoms with Crippen LogP contribution in [-0.4, -0.2) is 36.5 Å². The number of nitrogens with one attached hydrogen (secondary N) is 1. The first kappa shape index (κ1) is 21.4. The van der Waals surface area contributed by atoms with Gasteiger partial charge in [-0.15, -0.1) is 0 Å². The van der Waals surface area contributed by atoms with Gasteiger partial charge in [0.15, 0.2) is 0 Å². The van der Waals surface area contributed by atoms with E-state index in [9.17, 15) is 10.1 Å². The first-order chi connectivity index (χ1) is 14.0. The summed E-state index contributed by atoms with van der Waals surface area (Å²) in [5, 5.41) is 12.5. The molecule has 3 atom stereocenters. The highest BCUT2D eigenvalue weighted by molar-refractivity contribution is 7.99. The number of carbonyl (C=O) groups excluding carboxylic acids is 1. The minimum absolute atomic E-state index is 0.0619. The second-order valence-corrected chi connectivity index (χ2v) is 9.33. The normalized spacial score (nSPS) is 20.6. The Morgan fingerprint density at radius 2 is 1.76 bits per heavy atom. The van der Waals surface area contributed by atoms with Crippen molar-refractivity contribution in [3.05, 3.63) is 59.7 Å². The van der Waals surface area contributed by atoms with Gasteiger partial charge in [0.1, 0.15) is 6.07 Å². The maximum atomic E-state index is 13.0. The summed E-state index contributed by atoms with van der Waals surface area (Å²) >= 11 is 1.46. The number of piperidine rings is 1. The number of hydrogen-bond donors (Lipinski definition) is 1. The second-order valence-electron chi connectivity index (χ2n) is 8.25. The molecule has 0 aromatic heterocycles. The van der Waals surface area contributed by atoms with Crippen molar-refractivity contribution in [1.82, 2.24) is 10.2 Å². The molecule has 1 N–H and O–H groups in total.